The minimum absolute atomic E-state index is 0.0546. The van der Waals surface area contributed by atoms with Gasteiger partial charge in [0.25, 0.3) is 5.56 Å². The Bertz CT molecular complexity index is 1090. The first-order valence-corrected chi connectivity index (χ1v) is 11.3. The number of hydrogen-bond donors (Lipinski definition) is 2. The number of nitrogens with one attached hydrogen (secondary N) is 2. The number of nitrogens with zero attached hydrogens (tertiary/aromatic N) is 2. The predicted octanol–water partition coefficient (Wildman–Crippen LogP) is 3.83. The molecule has 4 rings (SSSR count). The molecule has 0 spiro atoms. The van der Waals surface area contributed by atoms with Crippen LogP contribution in [0.15, 0.2) is 23.0 Å². The second kappa shape index (κ2) is 8.05. The molecule has 0 saturated heterocycles. The van der Waals surface area contributed by atoms with Crippen molar-refractivity contribution in [2.24, 2.45) is 0 Å². The fourth-order valence-electron chi connectivity index (χ4n) is 3.40. The number of thiophene rings is 1. The van der Waals surface area contributed by atoms with E-state index in [1.165, 1.54) is 28.6 Å². The average Bonchev–Trinajstić information content (AvgIpc) is 3.05. The van der Waals surface area contributed by atoms with Gasteiger partial charge in [0.2, 0.25) is 5.91 Å². The number of anilines is 1. The van der Waals surface area contributed by atoms with Gasteiger partial charge < -0.3 is 10.3 Å². The molecule has 0 saturated carbocycles. The number of fused-ring (bicyclic) bond motifs is 3. The Morgan fingerprint density at radius 1 is 1.32 bits per heavy atom. The van der Waals surface area contributed by atoms with E-state index in [0.29, 0.717) is 17.4 Å². The maximum absolute atomic E-state index is 12.6. The summed E-state index contributed by atoms with van der Waals surface area (Å²) in [5.41, 5.74) is 1.99. The maximum atomic E-state index is 12.6. The molecule has 3 heterocycles. The number of H-pyrrole nitrogens is 1. The standard InChI is InChI=1S/C20H22N4O2S2/c1-11-6-5-9-15(21-11)22-18(25)12(2)27-10-16-23-19(26)17-13-7-3-4-8-14(13)28-20(17)24-16/h5-6,9,12H,3-4,7-8,10H2,1-2H3,(H,21,22,25)(H,23,24,26). The van der Waals surface area contributed by atoms with Crippen LogP contribution in [-0.2, 0) is 23.4 Å². The van der Waals surface area contributed by atoms with E-state index in [-0.39, 0.29) is 16.7 Å². The van der Waals surface area contributed by atoms with Crippen molar-refractivity contribution >= 4 is 45.0 Å². The molecule has 1 amide bonds. The zero-order chi connectivity index (χ0) is 19.7. The molecule has 1 atom stereocenters. The van der Waals surface area contributed by atoms with Crippen LogP contribution in [0.25, 0.3) is 10.2 Å². The summed E-state index contributed by atoms with van der Waals surface area (Å²) in [7, 11) is 0. The maximum Gasteiger partial charge on any atom is 0.259 e. The number of aromatic nitrogens is 3. The third-order valence-electron chi connectivity index (χ3n) is 4.85. The lowest BCUT2D eigenvalue weighted by atomic mass is 9.97. The van der Waals surface area contributed by atoms with Gasteiger partial charge in [0.05, 0.1) is 16.4 Å². The smallest absolute Gasteiger partial charge is 0.259 e. The van der Waals surface area contributed by atoms with Gasteiger partial charge >= 0.3 is 0 Å². The van der Waals surface area contributed by atoms with Gasteiger partial charge in [0, 0.05) is 10.6 Å². The van der Waals surface area contributed by atoms with E-state index in [9.17, 15) is 9.59 Å². The number of pyridine rings is 1. The van der Waals surface area contributed by atoms with Crippen molar-refractivity contribution in [1.29, 1.82) is 0 Å². The first-order chi connectivity index (χ1) is 13.5. The van der Waals surface area contributed by atoms with Crippen LogP contribution in [-0.4, -0.2) is 26.1 Å². The molecular formula is C20H22N4O2S2. The predicted molar refractivity (Wildman–Crippen MR) is 115 cm³/mol. The molecule has 1 aliphatic carbocycles. The van der Waals surface area contributed by atoms with E-state index in [2.05, 4.69) is 20.3 Å². The fraction of sp³-hybridized carbons (Fsp3) is 0.400. The number of rotatable bonds is 5. The summed E-state index contributed by atoms with van der Waals surface area (Å²) in [4.78, 5) is 39.0. The molecule has 3 aromatic rings. The molecule has 0 fully saturated rings. The summed E-state index contributed by atoms with van der Waals surface area (Å²) in [5.74, 6) is 1.53. The van der Waals surface area contributed by atoms with Crippen molar-refractivity contribution in [3.8, 4) is 0 Å². The molecule has 8 heteroatoms. The van der Waals surface area contributed by atoms with Gasteiger partial charge in [-0.25, -0.2) is 9.97 Å². The van der Waals surface area contributed by atoms with Crippen molar-refractivity contribution in [1.82, 2.24) is 15.0 Å². The van der Waals surface area contributed by atoms with E-state index in [4.69, 9.17) is 0 Å². The van der Waals surface area contributed by atoms with E-state index in [1.54, 1.807) is 17.4 Å². The summed E-state index contributed by atoms with van der Waals surface area (Å²) in [5, 5.41) is 3.31. The second-order valence-corrected chi connectivity index (χ2v) is 9.42. The van der Waals surface area contributed by atoms with Gasteiger partial charge in [-0.3, -0.25) is 9.59 Å². The molecule has 0 aliphatic heterocycles. The van der Waals surface area contributed by atoms with Crippen molar-refractivity contribution in [3.05, 3.63) is 50.5 Å². The van der Waals surface area contributed by atoms with Crippen LogP contribution in [0.5, 0.6) is 0 Å². The Kier molecular flexibility index (Phi) is 5.50. The van der Waals surface area contributed by atoms with E-state index in [1.807, 2.05) is 26.0 Å². The summed E-state index contributed by atoms with van der Waals surface area (Å²) in [6, 6.07) is 5.52. The first kappa shape index (κ1) is 19.1. The SMILES string of the molecule is Cc1cccc(NC(=O)C(C)SCc2nc3sc4c(c3c(=O)[nH]2)CCCC4)n1. The topological polar surface area (TPSA) is 87.7 Å². The monoisotopic (exact) mass is 414 g/mol. The average molecular weight is 415 g/mol. The Labute approximate surface area is 171 Å². The molecule has 1 aliphatic rings. The van der Waals surface area contributed by atoms with Crippen LogP contribution in [0.2, 0.25) is 0 Å². The lowest BCUT2D eigenvalue weighted by Gasteiger charge is -2.11. The highest BCUT2D eigenvalue weighted by Gasteiger charge is 2.20. The number of aryl methyl sites for hydroxylation is 3. The van der Waals surface area contributed by atoms with Gasteiger partial charge in [-0.2, -0.15) is 0 Å². The fourth-order valence-corrected chi connectivity index (χ4v) is 5.43. The number of amides is 1. The number of thioether (sulfide) groups is 1. The molecule has 2 N–H and O–H groups in total. The Balaban J connectivity index is 1.45. The largest absolute Gasteiger partial charge is 0.310 e. The zero-order valence-corrected chi connectivity index (χ0v) is 17.5. The highest BCUT2D eigenvalue weighted by molar-refractivity contribution is 7.99. The van der Waals surface area contributed by atoms with Crippen LogP contribution in [0.4, 0.5) is 5.82 Å². The molecule has 146 valence electrons. The van der Waals surface area contributed by atoms with Crippen LogP contribution < -0.4 is 10.9 Å². The highest BCUT2D eigenvalue weighted by Crippen LogP contribution is 2.33. The van der Waals surface area contributed by atoms with Crippen LogP contribution in [0.3, 0.4) is 0 Å². The van der Waals surface area contributed by atoms with Crippen molar-refractivity contribution in [2.45, 2.75) is 50.5 Å². The van der Waals surface area contributed by atoms with Gasteiger partial charge in [0.15, 0.2) is 0 Å². The number of hydrogen-bond acceptors (Lipinski definition) is 6. The quantitative estimate of drug-likeness (QED) is 0.662. The minimum atomic E-state index is -0.292. The van der Waals surface area contributed by atoms with E-state index < -0.39 is 0 Å². The van der Waals surface area contributed by atoms with Crippen LogP contribution >= 0.6 is 23.1 Å². The minimum Gasteiger partial charge on any atom is -0.310 e. The van der Waals surface area contributed by atoms with Gasteiger partial charge in [0.1, 0.15) is 16.5 Å². The number of carbonyl (C=O) groups is 1. The summed E-state index contributed by atoms with van der Waals surface area (Å²) < 4.78 is 0. The molecule has 6 nitrogen and oxygen atoms in total. The first-order valence-electron chi connectivity index (χ1n) is 9.41. The number of aromatic amines is 1. The number of carbonyl (C=O) groups excluding carboxylic acids is 1. The summed E-state index contributed by atoms with van der Waals surface area (Å²) >= 11 is 3.09. The Morgan fingerprint density at radius 2 is 2.14 bits per heavy atom. The molecule has 1 unspecified atom stereocenters. The van der Waals surface area contributed by atoms with E-state index in [0.717, 1.165) is 35.2 Å². The second-order valence-electron chi connectivity index (χ2n) is 7.01. The summed E-state index contributed by atoms with van der Waals surface area (Å²) in [6.45, 7) is 3.73. The van der Waals surface area contributed by atoms with Crippen molar-refractivity contribution < 1.29 is 4.79 Å². The van der Waals surface area contributed by atoms with E-state index >= 15 is 0 Å². The van der Waals surface area contributed by atoms with Crippen molar-refractivity contribution in [2.75, 3.05) is 5.32 Å². The Hall–Kier alpha value is -2.19. The third-order valence-corrected chi connectivity index (χ3v) is 7.19. The van der Waals surface area contributed by atoms with Crippen LogP contribution in [0.1, 0.15) is 41.7 Å². The lowest BCUT2D eigenvalue weighted by Crippen LogP contribution is -2.23. The van der Waals surface area contributed by atoms with Gasteiger partial charge in [-0.15, -0.1) is 23.1 Å². The normalized spacial score (nSPS) is 14.6. The molecule has 28 heavy (non-hydrogen) atoms. The Morgan fingerprint density at radius 3 is 2.96 bits per heavy atom. The molecule has 0 radical (unpaired) electrons. The highest BCUT2D eigenvalue weighted by atomic mass is 32.2. The zero-order valence-electron chi connectivity index (χ0n) is 15.9. The summed E-state index contributed by atoms with van der Waals surface area (Å²) in [6.07, 6.45) is 4.34. The molecule has 3 aromatic heterocycles. The molecule has 0 aromatic carbocycles. The molecule has 0 bridgehead atoms. The third kappa shape index (κ3) is 3.98. The van der Waals surface area contributed by atoms with Crippen molar-refractivity contribution in [3.63, 3.8) is 0 Å². The lowest BCUT2D eigenvalue weighted by molar-refractivity contribution is -0.115. The van der Waals surface area contributed by atoms with Gasteiger partial charge in [-0.05, 0) is 57.2 Å². The van der Waals surface area contributed by atoms with Crippen LogP contribution in [0, 0.1) is 6.92 Å². The molecular weight excluding hydrogens is 392 g/mol. The van der Waals surface area contributed by atoms with Gasteiger partial charge in [-0.1, -0.05) is 6.07 Å².